The Labute approximate surface area is 118 Å². The van der Waals surface area contributed by atoms with Crippen LogP contribution in [0.25, 0.3) is 0 Å². The second-order valence-electron chi connectivity index (χ2n) is 4.28. The Kier molecular flexibility index (Phi) is 6.01. The van der Waals surface area contributed by atoms with Gasteiger partial charge in [0.2, 0.25) is 0 Å². The molecule has 0 saturated heterocycles. The molecule has 2 rings (SSSR count). The molecule has 1 aromatic heterocycles. The second kappa shape index (κ2) is 8.29. The molecule has 1 heterocycles. The molecule has 108 valence electrons. The average molecular weight is 276 g/mol. The number of nitrogens with zero attached hydrogens (tertiary/aromatic N) is 3. The second-order valence-corrected chi connectivity index (χ2v) is 4.28. The van der Waals surface area contributed by atoms with E-state index < -0.39 is 0 Å². The van der Waals surface area contributed by atoms with Crippen LogP contribution in [0.3, 0.4) is 0 Å². The highest BCUT2D eigenvalue weighted by atomic mass is 16.5. The Morgan fingerprint density at radius 3 is 2.80 bits per heavy atom. The number of ether oxygens (including phenoxy) is 2. The zero-order chi connectivity index (χ0) is 14.0. The van der Waals surface area contributed by atoms with Gasteiger partial charge in [-0.15, -0.1) is 5.10 Å². The lowest BCUT2D eigenvalue weighted by atomic mass is 10.3. The van der Waals surface area contributed by atoms with Crippen molar-refractivity contribution in [3.63, 3.8) is 0 Å². The predicted molar refractivity (Wildman–Crippen MR) is 75.5 cm³/mol. The molecule has 0 bridgehead atoms. The summed E-state index contributed by atoms with van der Waals surface area (Å²) < 4.78 is 12.8. The van der Waals surface area contributed by atoms with Crippen LogP contribution in [0.2, 0.25) is 0 Å². The van der Waals surface area contributed by atoms with Crippen molar-refractivity contribution in [3.05, 3.63) is 42.2 Å². The van der Waals surface area contributed by atoms with Crippen LogP contribution in [-0.4, -0.2) is 41.9 Å². The molecule has 0 saturated carbocycles. The summed E-state index contributed by atoms with van der Waals surface area (Å²) in [6, 6.07) is 9.72. The summed E-state index contributed by atoms with van der Waals surface area (Å²) in [5, 5.41) is 11.1. The molecule has 2 aromatic rings. The molecule has 0 aliphatic rings. The smallest absolute Gasteiger partial charge is 0.119 e. The van der Waals surface area contributed by atoms with Gasteiger partial charge in [-0.3, -0.25) is 0 Å². The Bertz CT molecular complexity index is 487. The van der Waals surface area contributed by atoms with Crippen LogP contribution < -0.4 is 10.1 Å². The van der Waals surface area contributed by atoms with Gasteiger partial charge in [0.05, 0.1) is 25.5 Å². The third-order valence-corrected chi connectivity index (χ3v) is 2.65. The van der Waals surface area contributed by atoms with Crippen LogP contribution in [-0.2, 0) is 17.8 Å². The number of nitrogens with one attached hydrogen (secondary N) is 1. The van der Waals surface area contributed by atoms with E-state index in [1.54, 1.807) is 4.68 Å². The van der Waals surface area contributed by atoms with Gasteiger partial charge in [0.1, 0.15) is 12.4 Å². The van der Waals surface area contributed by atoms with Gasteiger partial charge < -0.3 is 14.8 Å². The molecule has 0 fully saturated rings. The molecular weight excluding hydrogens is 256 g/mol. The van der Waals surface area contributed by atoms with Crippen molar-refractivity contribution < 1.29 is 9.47 Å². The first-order valence-corrected chi connectivity index (χ1v) is 6.67. The van der Waals surface area contributed by atoms with E-state index >= 15 is 0 Å². The van der Waals surface area contributed by atoms with Gasteiger partial charge in [-0.2, -0.15) is 0 Å². The van der Waals surface area contributed by atoms with Crippen molar-refractivity contribution in [1.29, 1.82) is 0 Å². The van der Waals surface area contributed by atoms with Crippen molar-refractivity contribution in [2.24, 2.45) is 0 Å². The molecule has 6 heteroatoms. The van der Waals surface area contributed by atoms with E-state index in [4.69, 9.17) is 9.47 Å². The number of hydrogen-bond acceptors (Lipinski definition) is 5. The molecule has 1 aromatic carbocycles. The van der Waals surface area contributed by atoms with Crippen LogP contribution in [0.1, 0.15) is 5.69 Å². The Morgan fingerprint density at radius 1 is 1.15 bits per heavy atom. The first kappa shape index (κ1) is 14.5. The highest BCUT2D eigenvalue weighted by molar-refractivity contribution is 5.20. The average Bonchev–Trinajstić information content (AvgIpc) is 2.92. The quantitative estimate of drug-likeness (QED) is 0.695. The van der Waals surface area contributed by atoms with Crippen molar-refractivity contribution in [1.82, 2.24) is 20.3 Å². The van der Waals surface area contributed by atoms with E-state index in [0.29, 0.717) is 26.4 Å². The van der Waals surface area contributed by atoms with E-state index in [-0.39, 0.29) is 0 Å². The molecule has 0 atom stereocenters. The molecule has 0 aliphatic heterocycles. The normalized spacial score (nSPS) is 10.7. The first-order chi connectivity index (χ1) is 9.88. The highest BCUT2D eigenvalue weighted by Crippen LogP contribution is 2.07. The predicted octanol–water partition coefficient (Wildman–Crippen LogP) is 1.09. The maximum absolute atomic E-state index is 5.53. The van der Waals surface area contributed by atoms with Crippen LogP contribution >= 0.6 is 0 Å². The highest BCUT2D eigenvalue weighted by Gasteiger charge is 1.99. The van der Waals surface area contributed by atoms with E-state index in [0.717, 1.165) is 18.0 Å². The third kappa shape index (κ3) is 4.99. The summed E-state index contributed by atoms with van der Waals surface area (Å²) in [6.45, 7) is 3.13. The third-order valence-electron chi connectivity index (χ3n) is 2.65. The fourth-order valence-electron chi connectivity index (χ4n) is 1.71. The zero-order valence-corrected chi connectivity index (χ0v) is 11.7. The minimum atomic E-state index is 0.548. The van der Waals surface area contributed by atoms with Gasteiger partial charge in [-0.05, 0) is 19.2 Å². The summed E-state index contributed by atoms with van der Waals surface area (Å²) in [7, 11) is 1.88. The summed E-state index contributed by atoms with van der Waals surface area (Å²) in [5.74, 6) is 0.865. The number of para-hydroxylation sites is 1. The molecular formula is C14H20N4O2. The standard InChI is InChI=1S/C14H20N4O2/c1-15-11-13-12-18(17-16-13)7-8-19-9-10-20-14-5-3-2-4-6-14/h2-6,12,15H,7-11H2,1H3. The zero-order valence-electron chi connectivity index (χ0n) is 11.7. The first-order valence-electron chi connectivity index (χ1n) is 6.67. The molecule has 1 N–H and O–H groups in total. The van der Waals surface area contributed by atoms with Crippen molar-refractivity contribution in [3.8, 4) is 5.75 Å². The monoisotopic (exact) mass is 276 g/mol. The molecule has 20 heavy (non-hydrogen) atoms. The van der Waals surface area contributed by atoms with Crippen LogP contribution in [0.15, 0.2) is 36.5 Å². The molecule has 0 unspecified atom stereocenters. The topological polar surface area (TPSA) is 61.2 Å². The lowest BCUT2D eigenvalue weighted by Crippen LogP contribution is -2.11. The van der Waals surface area contributed by atoms with Gasteiger partial charge in [0.25, 0.3) is 0 Å². The molecule has 0 spiro atoms. The van der Waals surface area contributed by atoms with Crippen LogP contribution in [0, 0.1) is 0 Å². The lowest BCUT2D eigenvalue weighted by molar-refractivity contribution is 0.0923. The van der Waals surface area contributed by atoms with E-state index in [9.17, 15) is 0 Å². The Hall–Kier alpha value is -1.92. The fourth-order valence-corrected chi connectivity index (χ4v) is 1.71. The number of benzene rings is 1. The van der Waals surface area contributed by atoms with Crippen LogP contribution in [0.5, 0.6) is 5.75 Å². The fraction of sp³-hybridized carbons (Fsp3) is 0.429. The van der Waals surface area contributed by atoms with Crippen LogP contribution in [0.4, 0.5) is 0 Å². The van der Waals surface area contributed by atoms with Gasteiger partial charge in [0.15, 0.2) is 0 Å². The SMILES string of the molecule is CNCc1cn(CCOCCOc2ccccc2)nn1. The summed E-state index contributed by atoms with van der Waals surface area (Å²) >= 11 is 0. The number of hydrogen-bond donors (Lipinski definition) is 1. The summed E-state index contributed by atoms with van der Waals surface area (Å²) in [5.41, 5.74) is 0.930. The van der Waals surface area contributed by atoms with Crippen molar-refractivity contribution >= 4 is 0 Å². The maximum atomic E-state index is 5.53. The Balaban J connectivity index is 1.55. The molecule has 0 aliphatic carbocycles. The van der Waals surface area contributed by atoms with Crippen molar-refractivity contribution in [2.45, 2.75) is 13.1 Å². The van der Waals surface area contributed by atoms with Gasteiger partial charge in [-0.25, -0.2) is 4.68 Å². The minimum Gasteiger partial charge on any atom is -0.491 e. The van der Waals surface area contributed by atoms with Gasteiger partial charge in [-0.1, -0.05) is 23.4 Å². The van der Waals surface area contributed by atoms with Crippen molar-refractivity contribution in [2.75, 3.05) is 26.9 Å². The van der Waals surface area contributed by atoms with Gasteiger partial charge in [0, 0.05) is 12.7 Å². The Morgan fingerprint density at radius 2 is 2.00 bits per heavy atom. The molecule has 0 radical (unpaired) electrons. The van der Waals surface area contributed by atoms with E-state index in [1.165, 1.54) is 0 Å². The lowest BCUT2D eigenvalue weighted by Gasteiger charge is -2.06. The molecule has 0 amide bonds. The number of rotatable bonds is 9. The van der Waals surface area contributed by atoms with E-state index in [2.05, 4.69) is 15.6 Å². The van der Waals surface area contributed by atoms with Gasteiger partial charge >= 0.3 is 0 Å². The van der Waals surface area contributed by atoms with E-state index in [1.807, 2.05) is 43.6 Å². The largest absolute Gasteiger partial charge is 0.491 e. The molecule has 6 nitrogen and oxygen atoms in total. The number of aromatic nitrogens is 3. The maximum Gasteiger partial charge on any atom is 0.119 e. The summed E-state index contributed by atoms with van der Waals surface area (Å²) in [4.78, 5) is 0. The summed E-state index contributed by atoms with van der Waals surface area (Å²) in [6.07, 6.45) is 1.92. The minimum absolute atomic E-state index is 0.548.